The highest BCUT2D eigenvalue weighted by Gasteiger charge is 2.52. The highest BCUT2D eigenvalue weighted by molar-refractivity contribution is 6.43. The van der Waals surface area contributed by atoms with Gasteiger partial charge in [0.15, 0.2) is 5.41 Å². The third-order valence-corrected chi connectivity index (χ3v) is 3.91. The number of esters is 2. The average Bonchev–Trinajstić information content (AvgIpc) is 2.84. The van der Waals surface area contributed by atoms with Crippen molar-refractivity contribution in [3.05, 3.63) is 29.1 Å². The van der Waals surface area contributed by atoms with Crippen LogP contribution in [0.25, 0.3) is 0 Å². The minimum atomic E-state index is -1.35. The van der Waals surface area contributed by atoms with Gasteiger partial charge in [-0.25, -0.2) is 0 Å². The fourth-order valence-electron chi connectivity index (χ4n) is 2.46. The fourth-order valence-corrected chi connectivity index (χ4v) is 2.70. The predicted molar refractivity (Wildman–Crippen MR) is 72.6 cm³/mol. The Morgan fingerprint density at radius 2 is 1.75 bits per heavy atom. The summed E-state index contributed by atoms with van der Waals surface area (Å²) in [5.41, 5.74) is 0.730. The van der Waals surface area contributed by atoms with Gasteiger partial charge >= 0.3 is 11.9 Å². The number of carbonyl (C=O) groups is 2. The minimum Gasteiger partial charge on any atom is -0.468 e. The number of pyridine rings is 1. The van der Waals surface area contributed by atoms with Gasteiger partial charge in [-0.1, -0.05) is 23.2 Å². The van der Waals surface area contributed by atoms with Gasteiger partial charge in [0.25, 0.3) is 0 Å². The molecule has 1 aromatic rings. The van der Waals surface area contributed by atoms with E-state index in [1.807, 2.05) is 0 Å². The lowest BCUT2D eigenvalue weighted by Gasteiger charge is -2.22. The van der Waals surface area contributed by atoms with Crippen LogP contribution in [-0.4, -0.2) is 31.1 Å². The topological polar surface area (TPSA) is 65.5 Å². The smallest absolute Gasteiger partial charge is 0.323 e. The number of nitrogens with zero attached hydrogens (tertiary/aromatic N) is 1. The number of rotatable bonds is 3. The maximum atomic E-state index is 12.0. The van der Waals surface area contributed by atoms with Crippen LogP contribution < -0.4 is 0 Å². The van der Waals surface area contributed by atoms with Crippen LogP contribution in [0.2, 0.25) is 0 Å². The SMILES string of the molecule is COC(=O)C1(C(=O)OC)Cc2cnc(C(Cl)Cl)cc2C1. The van der Waals surface area contributed by atoms with Crippen LogP contribution in [0.15, 0.2) is 12.3 Å². The third-order valence-electron chi connectivity index (χ3n) is 3.46. The van der Waals surface area contributed by atoms with E-state index < -0.39 is 22.2 Å². The Morgan fingerprint density at radius 3 is 2.25 bits per heavy atom. The largest absolute Gasteiger partial charge is 0.468 e. The molecule has 1 aliphatic carbocycles. The molecule has 0 amide bonds. The van der Waals surface area contributed by atoms with Gasteiger partial charge in [-0.2, -0.15) is 0 Å². The number of ether oxygens (including phenoxy) is 2. The number of halogens is 2. The Balaban J connectivity index is 2.42. The number of hydrogen-bond donors (Lipinski definition) is 0. The molecule has 0 saturated carbocycles. The number of fused-ring (bicyclic) bond motifs is 1. The van der Waals surface area contributed by atoms with Crippen molar-refractivity contribution in [2.75, 3.05) is 14.2 Å². The Labute approximate surface area is 126 Å². The van der Waals surface area contributed by atoms with Crippen molar-refractivity contribution >= 4 is 35.1 Å². The summed E-state index contributed by atoms with van der Waals surface area (Å²) in [6.45, 7) is 0. The molecule has 0 fully saturated rings. The first kappa shape index (κ1) is 15.1. The molecule has 108 valence electrons. The number of aromatic nitrogens is 1. The van der Waals surface area contributed by atoms with Gasteiger partial charge in [0.1, 0.15) is 4.84 Å². The molecule has 0 aromatic carbocycles. The molecule has 2 rings (SSSR count). The van der Waals surface area contributed by atoms with E-state index in [0.717, 1.165) is 11.1 Å². The van der Waals surface area contributed by atoms with Crippen LogP contribution in [0.4, 0.5) is 0 Å². The van der Waals surface area contributed by atoms with Crippen LogP contribution in [0.1, 0.15) is 21.7 Å². The number of carbonyl (C=O) groups excluding carboxylic acids is 2. The summed E-state index contributed by atoms with van der Waals surface area (Å²) < 4.78 is 9.51. The molecule has 5 nitrogen and oxygen atoms in total. The highest BCUT2D eigenvalue weighted by atomic mass is 35.5. The lowest BCUT2D eigenvalue weighted by atomic mass is 9.85. The van der Waals surface area contributed by atoms with Gasteiger partial charge < -0.3 is 9.47 Å². The van der Waals surface area contributed by atoms with Gasteiger partial charge in [-0.15, -0.1) is 0 Å². The quantitative estimate of drug-likeness (QED) is 0.484. The zero-order valence-electron chi connectivity index (χ0n) is 11.0. The maximum absolute atomic E-state index is 12.0. The summed E-state index contributed by atoms with van der Waals surface area (Å²) in [7, 11) is 2.49. The van der Waals surface area contributed by atoms with Crippen molar-refractivity contribution < 1.29 is 19.1 Å². The van der Waals surface area contributed by atoms with Crippen LogP contribution in [0.5, 0.6) is 0 Å². The second kappa shape index (κ2) is 5.58. The van der Waals surface area contributed by atoms with E-state index in [0.29, 0.717) is 5.69 Å². The predicted octanol–water partition coefficient (Wildman–Crippen LogP) is 1.99. The third kappa shape index (κ3) is 2.36. The van der Waals surface area contributed by atoms with E-state index >= 15 is 0 Å². The van der Waals surface area contributed by atoms with Crippen LogP contribution in [0, 0.1) is 5.41 Å². The maximum Gasteiger partial charge on any atom is 0.323 e. The first-order valence-electron chi connectivity index (χ1n) is 5.87. The fraction of sp³-hybridized carbons (Fsp3) is 0.462. The molecular formula is C13H13Cl2NO4. The van der Waals surface area contributed by atoms with Gasteiger partial charge in [-0.05, 0) is 23.6 Å². The molecule has 0 N–H and O–H groups in total. The van der Waals surface area contributed by atoms with Crippen LogP contribution in [-0.2, 0) is 31.9 Å². The van der Waals surface area contributed by atoms with E-state index in [4.69, 9.17) is 32.7 Å². The lowest BCUT2D eigenvalue weighted by Crippen LogP contribution is -2.42. The number of hydrogen-bond acceptors (Lipinski definition) is 5. The molecule has 0 bridgehead atoms. The Kier molecular flexibility index (Phi) is 4.20. The standard InChI is InChI=1S/C13H13Cl2NO4/c1-19-11(17)13(12(18)20-2)4-7-3-9(10(14)15)16-6-8(7)5-13/h3,6,10H,4-5H2,1-2H3. The molecule has 0 atom stereocenters. The first-order valence-corrected chi connectivity index (χ1v) is 6.74. The van der Waals surface area contributed by atoms with E-state index in [1.54, 1.807) is 12.3 Å². The average molecular weight is 318 g/mol. The van der Waals surface area contributed by atoms with Crippen LogP contribution in [0.3, 0.4) is 0 Å². The molecular weight excluding hydrogens is 305 g/mol. The molecule has 7 heteroatoms. The van der Waals surface area contributed by atoms with Crippen molar-refractivity contribution in [1.29, 1.82) is 0 Å². The normalized spacial score (nSPS) is 15.8. The Hall–Kier alpha value is -1.33. The van der Waals surface area contributed by atoms with E-state index in [2.05, 4.69) is 4.98 Å². The Bertz CT molecular complexity index is 543. The molecule has 0 aliphatic heterocycles. The van der Waals surface area contributed by atoms with Crippen molar-refractivity contribution in [1.82, 2.24) is 4.98 Å². The number of methoxy groups -OCH3 is 2. The van der Waals surface area contributed by atoms with E-state index in [9.17, 15) is 9.59 Å². The molecule has 1 aromatic heterocycles. The second-order valence-corrected chi connectivity index (χ2v) is 5.69. The summed E-state index contributed by atoms with van der Waals surface area (Å²) in [6, 6.07) is 1.70. The molecule has 20 heavy (non-hydrogen) atoms. The lowest BCUT2D eigenvalue weighted by molar-refractivity contribution is -0.168. The zero-order valence-corrected chi connectivity index (χ0v) is 12.5. The van der Waals surface area contributed by atoms with Gasteiger partial charge in [0, 0.05) is 12.6 Å². The molecule has 0 unspecified atom stereocenters. The molecule has 0 saturated heterocycles. The summed E-state index contributed by atoms with van der Waals surface area (Å²) in [4.78, 5) is 27.4. The molecule has 1 heterocycles. The summed E-state index contributed by atoms with van der Waals surface area (Å²) in [5.74, 6) is -1.23. The highest BCUT2D eigenvalue weighted by Crippen LogP contribution is 2.40. The van der Waals surface area contributed by atoms with Crippen molar-refractivity contribution in [3.8, 4) is 0 Å². The molecule has 0 radical (unpaired) electrons. The monoisotopic (exact) mass is 317 g/mol. The van der Waals surface area contributed by atoms with Gasteiger partial charge in [0.2, 0.25) is 0 Å². The Morgan fingerprint density at radius 1 is 1.20 bits per heavy atom. The number of alkyl halides is 2. The van der Waals surface area contributed by atoms with Crippen molar-refractivity contribution in [2.45, 2.75) is 17.7 Å². The second-order valence-electron chi connectivity index (χ2n) is 4.60. The van der Waals surface area contributed by atoms with Gasteiger partial charge in [-0.3, -0.25) is 14.6 Å². The van der Waals surface area contributed by atoms with E-state index in [-0.39, 0.29) is 12.8 Å². The molecule has 1 aliphatic rings. The van der Waals surface area contributed by atoms with E-state index in [1.165, 1.54) is 14.2 Å². The minimum absolute atomic E-state index is 0.192. The zero-order chi connectivity index (χ0) is 14.9. The summed E-state index contributed by atoms with van der Waals surface area (Å²) >= 11 is 11.6. The van der Waals surface area contributed by atoms with Gasteiger partial charge in [0.05, 0.1) is 19.9 Å². The van der Waals surface area contributed by atoms with Crippen molar-refractivity contribution in [2.24, 2.45) is 5.41 Å². The molecule has 0 spiro atoms. The van der Waals surface area contributed by atoms with Crippen LogP contribution >= 0.6 is 23.2 Å². The summed E-state index contributed by atoms with van der Waals surface area (Å²) in [6.07, 6.45) is 1.97. The summed E-state index contributed by atoms with van der Waals surface area (Å²) in [5, 5.41) is 0. The first-order chi connectivity index (χ1) is 9.44. The van der Waals surface area contributed by atoms with Crippen molar-refractivity contribution in [3.63, 3.8) is 0 Å².